The summed E-state index contributed by atoms with van der Waals surface area (Å²) in [6.45, 7) is 2.07. The molecule has 0 aromatic carbocycles. The Morgan fingerprint density at radius 3 is 2.85 bits per heavy atom. The van der Waals surface area contributed by atoms with Crippen LogP contribution in [-0.4, -0.2) is 16.9 Å². The van der Waals surface area contributed by atoms with Crippen LogP contribution in [0.2, 0.25) is 0 Å². The third-order valence-electron chi connectivity index (χ3n) is 3.56. The maximum Gasteiger partial charge on any atom is 0.223 e. The lowest BCUT2D eigenvalue weighted by Gasteiger charge is -2.27. The minimum atomic E-state index is 0. The summed E-state index contributed by atoms with van der Waals surface area (Å²) in [7, 11) is 0. The molecule has 3 unspecified atom stereocenters. The number of thiazole rings is 1. The summed E-state index contributed by atoms with van der Waals surface area (Å²) in [4.78, 5) is 16.5. The second kappa shape index (κ2) is 9.55. The van der Waals surface area contributed by atoms with Crippen LogP contribution in [0.1, 0.15) is 50.1 Å². The van der Waals surface area contributed by atoms with Crippen molar-refractivity contribution in [3.05, 3.63) is 16.6 Å². The lowest BCUT2D eigenvalue weighted by Crippen LogP contribution is -2.39. The summed E-state index contributed by atoms with van der Waals surface area (Å²) in [5, 5.41) is 6.05. The zero-order chi connectivity index (χ0) is 13.0. The van der Waals surface area contributed by atoms with Gasteiger partial charge in [0, 0.05) is 23.5 Å². The summed E-state index contributed by atoms with van der Waals surface area (Å²) >= 11 is 1.59. The number of amides is 1. The Morgan fingerprint density at radius 1 is 1.55 bits per heavy atom. The first-order chi connectivity index (χ1) is 8.70. The monoisotopic (exact) mass is 339 g/mol. The molecule has 1 aliphatic carbocycles. The second-order valence-electron chi connectivity index (χ2n) is 4.96. The van der Waals surface area contributed by atoms with Gasteiger partial charge in [0.15, 0.2) is 0 Å². The van der Waals surface area contributed by atoms with Crippen LogP contribution >= 0.6 is 36.2 Å². The fourth-order valence-electron chi connectivity index (χ4n) is 2.50. The number of halogens is 2. The average Bonchev–Trinajstić information content (AvgIpc) is 2.89. The first kappa shape index (κ1) is 19.6. The Morgan fingerprint density at radius 2 is 2.30 bits per heavy atom. The van der Waals surface area contributed by atoms with Crippen LogP contribution in [0.15, 0.2) is 11.6 Å². The molecule has 1 amide bonds. The van der Waals surface area contributed by atoms with Crippen LogP contribution < -0.4 is 11.1 Å². The average molecular weight is 340 g/mol. The molecule has 1 fully saturated rings. The molecule has 20 heavy (non-hydrogen) atoms. The van der Waals surface area contributed by atoms with Crippen molar-refractivity contribution in [3.63, 3.8) is 0 Å². The lowest BCUT2D eigenvalue weighted by molar-refractivity contribution is -0.126. The molecule has 1 aromatic rings. The minimum absolute atomic E-state index is 0. The predicted octanol–water partition coefficient (Wildman–Crippen LogP) is 3.07. The molecule has 3 atom stereocenters. The molecular formula is C13H23Cl2N3OS. The largest absolute Gasteiger partial charge is 0.347 e. The molecule has 2 rings (SSSR count). The fourth-order valence-corrected chi connectivity index (χ4v) is 3.27. The van der Waals surface area contributed by atoms with Gasteiger partial charge in [-0.15, -0.1) is 36.2 Å². The number of nitrogens with two attached hydrogens (primary N) is 1. The van der Waals surface area contributed by atoms with Crippen LogP contribution in [0.4, 0.5) is 0 Å². The zero-order valence-corrected chi connectivity index (χ0v) is 14.0. The van der Waals surface area contributed by atoms with Crippen molar-refractivity contribution < 1.29 is 4.79 Å². The number of nitrogens with one attached hydrogen (secondary N) is 1. The second-order valence-corrected chi connectivity index (χ2v) is 5.89. The maximum absolute atomic E-state index is 12.2. The maximum atomic E-state index is 12.2. The highest BCUT2D eigenvalue weighted by Gasteiger charge is 2.27. The first-order valence-electron chi connectivity index (χ1n) is 6.66. The molecule has 1 heterocycles. The van der Waals surface area contributed by atoms with E-state index in [0.29, 0.717) is 0 Å². The van der Waals surface area contributed by atoms with Gasteiger partial charge in [0.1, 0.15) is 5.01 Å². The van der Waals surface area contributed by atoms with Gasteiger partial charge in [0.2, 0.25) is 5.91 Å². The Balaban J connectivity index is 0.00000180. The van der Waals surface area contributed by atoms with Gasteiger partial charge in [-0.25, -0.2) is 4.98 Å². The van der Waals surface area contributed by atoms with Gasteiger partial charge < -0.3 is 11.1 Å². The van der Waals surface area contributed by atoms with E-state index in [-0.39, 0.29) is 48.7 Å². The van der Waals surface area contributed by atoms with Gasteiger partial charge >= 0.3 is 0 Å². The van der Waals surface area contributed by atoms with Crippen molar-refractivity contribution in [1.29, 1.82) is 0 Å². The minimum Gasteiger partial charge on any atom is -0.347 e. The molecule has 3 N–H and O–H groups in total. The molecule has 7 heteroatoms. The third kappa shape index (κ3) is 5.20. The van der Waals surface area contributed by atoms with Crippen molar-refractivity contribution in [3.8, 4) is 0 Å². The van der Waals surface area contributed by atoms with E-state index in [1.807, 2.05) is 5.38 Å². The van der Waals surface area contributed by atoms with Gasteiger partial charge in [-0.05, 0) is 25.7 Å². The van der Waals surface area contributed by atoms with Gasteiger partial charge in [-0.3, -0.25) is 4.79 Å². The van der Waals surface area contributed by atoms with E-state index in [9.17, 15) is 4.79 Å². The zero-order valence-electron chi connectivity index (χ0n) is 11.6. The fraction of sp³-hybridized carbons (Fsp3) is 0.692. The van der Waals surface area contributed by atoms with Gasteiger partial charge in [-0.2, -0.15) is 0 Å². The molecule has 1 aromatic heterocycles. The summed E-state index contributed by atoms with van der Waals surface area (Å²) in [6.07, 6.45) is 6.55. The van der Waals surface area contributed by atoms with E-state index in [0.717, 1.165) is 37.1 Å². The molecule has 0 bridgehead atoms. The molecule has 0 aliphatic heterocycles. The molecule has 116 valence electrons. The number of aromatic nitrogens is 1. The van der Waals surface area contributed by atoms with Crippen molar-refractivity contribution in [2.24, 2.45) is 11.7 Å². The van der Waals surface area contributed by atoms with E-state index >= 15 is 0 Å². The van der Waals surface area contributed by atoms with E-state index in [4.69, 9.17) is 5.73 Å². The summed E-state index contributed by atoms with van der Waals surface area (Å²) in [5.41, 5.74) is 5.93. The van der Waals surface area contributed by atoms with Crippen molar-refractivity contribution in [2.75, 3.05) is 0 Å². The van der Waals surface area contributed by atoms with Gasteiger partial charge in [-0.1, -0.05) is 13.3 Å². The highest BCUT2D eigenvalue weighted by molar-refractivity contribution is 7.09. The quantitative estimate of drug-likeness (QED) is 0.885. The summed E-state index contributed by atoms with van der Waals surface area (Å²) in [5.74, 6) is 0.231. The van der Waals surface area contributed by atoms with Crippen molar-refractivity contribution >= 4 is 42.1 Å². The van der Waals surface area contributed by atoms with Crippen LogP contribution in [0.3, 0.4) is 0 Å². The third-order valence-corrected chi connectivity index (χ3v) is 4.45. The van der Waals surface area contributed by atoms with Crippen LogP contribution in [0, 0.1) is 5.92 Å². The molecule has 4 nitrogen and oxygen atoms in total. The van der Waals surface area contributed by atoms with Crippen LogP contribution in [-0.2, 0) is 4.79 Å². The van der Waals surface area contributed by atoms with Gasteiger partial charge in [0.25, 0.3) is 0 Å². The molecular weight excluding hydrogens is 317 g/mol. The number of carbonyl (C=O) groups is 1. The topological polar surface area (TPSA) is 68.0 Å². The Kier molecular flexibility index (Phi) is 9.38. The molecule has 0 radical (unpaired) electrons. The van der Waals surface area contributed by atoms with E-state index < -0.39 is 0 Å². The van der Waals surface area contributed by atoms with E-state index in [1.165, 1.54) is 0 Å². The molecule has 0 spiro atoms. The molecule has 1 saturated carbocycles. The van der Waals surface area contributed by atoms with E-state index in [2.05, 4.69) is 17.2 Å². The Labute approximate surface area is 136 Å². The summed E-state index contributed by atoms with van der Waals surface area (Å²) < 4.78 is 0. The number of hydrogen-bond donors (Lipinski definition) is 2. The lowest BCUT2D eigenvalue weighted by atomic mass is 9.85. The van der Waals surface area contributed by atoms with Gasteiger partial charge in [0.05, 0.1) is 6.04 Å². The predicted molar refractivity (Wildman–Crippen MR) is 87.7 cm³/mol. The number of rotatable bonds is 4. The Bertz CT molecular complexity index is 389. The molecule has 1 aliphatic rings. The van der Waals surface area contributed by atoms with Crippen LogP contribution in [0.25, 0.3) is 0 Å². The Hall–Kier alpha value is -0.360. The van der Waals surface area contributed by atoms with Crippen LogP contribution in [0.5, 0.6) is 0 Å². The number of nitrogens with zero attached hydrogens (tertiary/aromatic N) is 1. The number of hydrogen-bond acceptors (Lipinski definition) is 4. The van der Waals surface area contributed by atoms with Crippen molar-refractivity contribution in [1.82, 2.24) is 10.3 Å². The molecule has 0 saturated heterocycles. The van der Waals surface area contributed by atoms with E-state index in [1.54, 1.807) is 17.5 Å². The summed E-state index contributed by atoms with van der Waals surface area (Å²) in [6, 6.07) is 0.241. The highest BCUT2D eigenvalue weighted by atomic mass is 35.5. The normalized spacial score (nSPS) is 23.1. The highest BCUT2D eigenvalue weighted by Crippen LogP contribution is 2.25. The van der Waals surface area contributed by atoms with Crippen molar-refractivity contribution in [2.45, 2.75) is 51.1 Å². The smallest absolute Gasteiger partial charge is 0.223 e. The first-order valence-corrected chi connectivity index (χ1v) is 7.54. The number of carbonyl (C=O) groups excluding carboxylic acids is 1. The standard InChI is InChI=1S/C13H21N3OS.2ClH/c1-2-11(13-15-6-7-18-13)16-12(17)9-4-3-5-10(14)8-9;;/h6-7,9-11H,2-5,8,14H2,1H3,(H,16,17);2*1H. The SMILES string of the molecule is CCC(NC(=O)C1CCCC(N)C1)c1nccs1.Cl.Cl.